The number of piperidine rings is 1. The summed E-state index contributed by atoms with van der Waals surface area (Å²) in [6.45, 7) is 6.81. The van der Waals surface area contributed by atoms with Crippen LogP contribution in [0.4, 0.5) is 10.1 Å². The molecule has 1 aromatic carbocycles. The molecule has 1 atom stereocenters. The summed E-state index contributed by atoms with van der Waals surface area (Å²) >= 11 is 0. The number of halogens is 1. The Balaban J connectivity index is 1.42. The highest BCUT2D eigenvalue weighted by Crippen LogP contribution is 2.20. The predicted octanol–water partition coefficient (Wildman–Crippen LogP) is 2.82. The molecule has 0 radical (unpaired) electrons. The Hall–Kier alpha value is -1.13. The van der Waals surface area contributed by atoms with Crippen LogP contribution in [-0.4, -0.2) is 62.2 Å². The molecule has 2 saturated heterocycles. The summed E-state index contributed by atoms with van der Waals surface area (Å²) < 4.78 is 13.0. The summed E-state index contributed by atoms with van der Waals surface area (Å²) in [7, 11) is 2.27. The molecule has 0 aromatic heterocycles. The van der Waals surface area contributed by atoms with Gasteiger partial charge in [-0.2, -0.15) is 0 Å². The van der Waals surface area contributed by atoms with Gasteiger partial charge < -0.3 is 9.80 Å². The number of likely N-dealkylation sites (tertiary alicyclic amines) is 1. The van der Waals surface area contributed by atoms with Crippen molar-refractivity contribution in [3.8, 4) is 0 Å². The van der Waals surface area contributed by atoms with Crippen molar-refractivity contribution in [2.24, 2.45) is 0 Å². The second kappa shape index (κ2) is 7.42. The number of piperazine rings is 1. The van der Waals surface area contributed by atoms with Gasteiger partial charge in [0.05, 0.1) is 0 Å². The number of hydrogen-bond donors (Lipinski definition) is 0. The lowest BCUT2D eigenvalue weighted by Gasteiger charge is -2.38. The van der Waals surface area contributed by atoms with Crippen LogP contribution in [0.2, 0.25) is 0 Å². The highest BCUT2D eigenvalue weighted by molar-refractivity contribution is 5.46. The van der Waals surface area contributed by atoms with E-state index in [2.05, 4.69) is 21.7 Å². The molecule has 4 heteroatoms. The summed E-state index contributed by atoms with van der Waals surface area (Å²) in [5.41, 5.74) is 1.15. The van der Waals surface area contributed by atoms with Crippen LogP contribution in [0.1, 0.15) is 25.7 Å². The van der Waals surface area contributed by atoms with Crippen molar-refractivity contribution in [1.29, 1.82) is 0 Å². The van der Waals surface area contributed by atoms with Gasteiger partial charge in [-0.15, -0.1) is 0 Å². The third-order valence-corrected chi connectivity index (χ3v) is 5.26. The fourth-order valence-corrected chi connectivity index (χ4v) is 3.72. The molecule has 0 N–H and O–H groups in total. The molecule has 1 aromatic rings. The molecule has 0 amide bonds. The Morgan fingerprint density at radius 3 is 2.41 bits per heavy atom. The average Bonchev–Trinajstić information content (AvgIpc) is 2.55. The van der Waals surface area contributed by atoms with Crippen LogP contribution in [0, 0.1) is 5.82 Å². The molecule has 0 saturated carbocycles. The van der Waals surface area contributed by atoms with E-state index in [1.165, 1.54) is 38.8 Å². The third kappa shape index (κ3) is 3.99. The Bertz CT molecular complexity index is 454. The number of nitrogens with zero attached hydrogens (tertiary/aromatic N) is 3. The minimum absolute atomic E-state index is 0.154. The van der Waals surface area contributed by atoms with Gasteiger partial charge in [0.2, 0.25) is 0 Å². The SMILES string of the molecule is CN1CCCCC1CCN1CCN(c2ccc(F)cc2)CC1. The lowest BCUT2D eigenvalue weighted by atomic mass is 10.00. The quantitative estimate of drug-likeness (QED) is 0.847. The summed E-state index contributed by atoms with van der Waals surface area (Å²) in [5.74, 6) is -0.154. The van der Waals surface area contributed by atoms with E-state index in [-0.39, 0.29) is 5.82 Å². The average molecular weight is 305 g/mol. The van der Waals surface area contributed by atoms with Crippen LogP contribution in [0.3, 0.4) is 0 Å². The molecule has 122 valence electrons. The lowest BCUT2D eigenvalue weighted by Crippen LogP contribution is -2.48. The van der Waals surface area contributed by atoms with E-state index >= 15 is 0 Å². The second-order valence-corrected chi connectivity index (χ2v) is 6.72. The second-order valence-electron chi connectivity index (χ2n) is 6.72. The van der Waals surface area contributed by atoms with Gasteiger partial charge in [0.25, 0.3) is 0 Å². The number of benzene rings is 1. The zero-order valence-electron chi connectivity index (χ0n) is 13.7. The summed E-state index contributed by atoms with van der Waals surface area (Å²) in [6.07, 6.45) is 5.43. The maximum Gasteiger partial charge on any atom is 0.123 e. The van der Waals surface area contributed by atoms with Crippen molar-refractivity contribution < 1.29 is 4.39 Å². The molecule has 3 rings (SSSR count). The van der Waals surface area contributed by atoms with Crippen LogP contribution in [-0.2, 0) is 0 Å². The molecule has 2 heterocycles. The first-order valence-corrected chi connectivity index (χ1v) is 8.65. The summed E-state index contributed by atoms with van der Waals surface area (Å²) in [6, 6.07) is 7.68. The van der Waals surface area contributed by atoms with Crippen LogP contribution in [0.5, 0.6) is 0 Å². The van der Waals surface area contributed by atoms with E-state index in [0.29, 0.717) is 0 Å². The maximum absolute atomic E-state index is 13.0. The fraction of sp³-hybridized carbons (Fsp3) is 0.667. The van der Waals surface area contributed by atoms with Gasteiger partial charge in [-0.1, -0.05) is 6.42 Å². The first-order chi connectivity index (χ1) is 10.7. The number of anilines is 1. The van der Waals surface area contributed by atoms with Crippen molar-refractivity contribution >= 4 is 5.69 Å². The van der Waals surface area contributed by atoms with E-state index in [9.17, 15) is 4.39 Å². The monoisotopic (exact) mass is 305 g/mol. The van der Waals surface area contributed by atoms with Crippen molar-refractivity contribution in [2.45, 2.75) is 31.7 Å². The topological polar surface area (TPSA) is 9.72 Å². The van der Waals surface area contributed by atoms with Gasteiger partial charge in [0.15, 0.2) is 0 Å². The van der Waals surface area contributed by atoms with Crippen molar-refractivity contribution in [3.63, 3.8) is 0 Å². The van der Waals surface area contributed by atoms with Crippen molar-refractivity contribution in [3.05, 3.63) is 30.1 Å². The smallest absolute Gasteiger partial charge is 0.123 e. The zero-order chi connectivity index (χ0) is 15.4. The first-order valence-electron chi connectivity index (χ1n) is 8.65. The highest BCUT2D eigenvalue weighted by Gasteiger charge is 2.21. The zero-order valence-corrected chi connectivity index (χ0v) is 13.7. The Morgan fingerprint density at radius 2 is 1.73 bits per heavy atom. The highest BCUT2D eigenvalue weighted by atomic mass is 19.1. The fourth-order valence-electron chi connectivity index (χ4n) is 3.72. The molecule has 2 fully saturated rings. The molecule has 22 heavy (non-hydrogen) atoms. The normalized spacial score (nSPS) is 24.6. The largest absolute Gasteiger partial charge is 0.369 e. The Labute approximate surface area is 133 Å². The van der Waals surface area contributed by atoms with Crippen molar-refractivity contribution in [1.82, 2.24) is 9.80 Å². The number of hydrogen-bond acceptors (Lipinski definition) is 3. The van der Waals surface area contributed by atoms with Gasteiger partial charge in [-0.05, 0) is 63.7 Å². The summed E-state index contributed by atoms with van der Waals surface area (Å²) in [5, 5.41) is 0. The van der Waals surface area contributed by atoms with E-state index < -0.39 is 0 Å². The minimum Gasteiger partial charge on any atom is -0.369 e. The molecule has 0 aliphatic carbocycles. The molecule has 0 bridgehead atoms. The molecule has 2 aliphatic heterocycles. The summed E-state index contributed by atoms with van der Waals surface area (Å²) in [4.78, 5) is 7.49. The third-order valence-electron chi connectivity index (χ3n) is 5.26. The van der Waals surface area contributed by atoms with E-state index in [0.717, 1.165) is 37.9 Å². The van der Waals surface area contributed by atoms with Crippen LogP contribution >= 0.6 is 0 Å². The number of rotatable bonds is 4. The minimum atomic E-state index is -0.154. The first kappa shape index (κ1) is 15.8. The molecule has 3 nitrogen and oxygen atoms in total. The predicted molar refractivity (Wildman–Crippen MR) is 89.9 cm³/mol. The lowest BCUT2D eigenvalue weighted by molar-refractivity contribution is 0.151. The van der Waals surface area contributed by atoms with Crippen LogP contribution in [0.25, 0.3) is 0 Å². The van der Waals surface area contributed by atoms with Gasteiger partial charge in [-0.3, -0.25) is 4.90 Å². The van der Waals surface area contributed by atoms with E-state index in [4.69, 9.17) is 0 Å². The van der Waals surface area contributed by atoms with Crippen molar-refractivity contribution in [2.75, 3.05) is 51.2 Å². The standard InChI is InChI=1S/C18H28FN3/c1-20-10-3-2-4-17(20)9-11-21-12-14-22(15-13-21)18-7-5-16(19)6-8-18/h5-8,17H,2-4,9-15H2,1H3. The van der Waals surface area contributed by atoms with Gasteiger partial charge in [0, 0.05) is 37.9 Å². The molecule has 0 spiro atoms. The molecule has 2 aliphatic rings. The Kier molecular flexibility index (Phi) is 5.32. The maximum atomic E-state index is 13.0. The molecular formula is C18H28FN3. The van der Waals surface area contributed by atoms with Gasteiger partial charge >= 0.3 is 0 Å². The van der Waals surface area contributed by atoms with Crippen LogP contribution in [0.15, 0.2) is 24.3 Å². The van der Waals surface area contributed by atoms with Gasteiger partial charge in [0.1, 0.15) is 5.82 Å². The Morgan fingerprint density at radius 1 is 1.00 bits per heavy atom. The van der Waals surface area contributed by atoms with E-state index in [1.54, 1.807) is 12.1 Å². The van der Waals surface area contributed by atoms with Crippen LogP contribution < -0.4 is 4.90 Å². The van der Waals surface area contributed by atoms with Gasteiger partial charge in [-0.25, -0.2) is 4.39 Å². The molecular weight excluding hydrogens is 277 g/mol. The van der Waals surface area contributed by atoms with E-state index in [1.807, 2.05) is 12.1 Å². The molecule has 1 unspecified atom stereocenters.